The van der Waals surface area contributed by atoms with E-state index in [4.69, 9.17) is 11.6 Å². The van der Waals surface area contributed by atoms with Crippen LogP contribution in [0, 0.1) is 0 Å². The van der Waals surface area contributed by atoms with Crippen molar-refractivity contribution in [2.45, 2.75) is 19.8 Å². The maximum Gasteiger partial charge on any atom is 0.302 e. The first-order valence-corrected chi connectivity index (χ1v) is 6.99. The molecule has 0 aliphatic rings. The van der Waals surface area contributed by atoms with Gasteiger partial charge >= 0.3 is 10.2 Å². The second kappa shape index (κ2) is 6.13. The average molecular weight is 279 g/mol. The summed E-state index contributed by atoms with van der Waals surface area (Å²) in [6.45, 7) is 2.46. The van der Waals surface area contributed by atoms with Crippen LogP contribution in [-0.2, 0) is 10.2 Å². The molecule has 17 heavy (non-hydrogen) atoms. The maximum absolute atomic E-state index is 11.8. The number of aromatic nitrogens is 2. The quantitative estimate of drug-likeness (QED) is 0.856. The molecule has 8 heteroatoms. The number of unbranched alkanes of at least 4 members (excludes halogenated alkanes) is 1. The highest BCUT2D eigenvalue weighted by Gasteiger charge is 2.17. The Balaban J connectivity index is 2.69. The lowest BCUT2D eigenvalue weighted by atomic mass is 10.3. The van der Waals surface area contributed by atoms with E-state index in [2.05, 4.69) is 14.7 Å². The SMILES string of the molecule is CCCCN(C)S(=O)(=O)Nc1cnc(Cl)cn1. The minimum Gasteiger partial charge on any atom is -0.253 e. The van der Waals surface area contributed by atoms with Gasteiger partial charge in [-0.2, -0.15) is 12.7 Å². The van der Waals surface area contributed by atoms with Crippen molar-refractivity contribution in [3.63, 3.8) is 0 Å². The molecule has 96 valence electrons. The molecule has 0 aromatic carbocycles. The summed E-state index contributed by atoms with van der Waals surface area (Å²) in [5, 5.41) is 0.215. The number of nitrogens with zero attached hydrogens (tertiary/aromatic N) is 3. The lowest BCUT2D eigenvalue weighted by molar-refractivity contribution is 0.463. The van der Waals surface area contributed by atoms with Crippen LogP contribution >= 0.6 is 11.6 Å². The fourth-order valence-corrected chi connectivity index (χ4v) is 2.07. The first-order chi connectivity index (χ1) is 7.95. The Kier molecular flexibility index (Phi) is 5.10. The number of nitrogens with one attached hydrogen (secondary N) is 1. The maximum atomic E-state index is 11.8. The van der Waals surface area contributed by atoms with Gasteiger partial charge < -0.3 is 0 Å². The Morgan fingerprint density at radius 3 is 2.65 bits per heavy atom. The summed E-state index contributed by atoms with van der Waals surface area (Å²) in [5.74, 6) is 0.151. The van der Waals surface area contributed by atoms with Crippen LogP contribution in [0.3, 0.4) is 0 Å². The lowest BCUT2D eigenvalue weighted by Gasteiger charge is -2.17. The van der Waals surface area contributed by atoms with E-state index in [9.17, 15) is 8.42 Å². The second-order valence-electron chi connectivity index (χ2n) is 3.51. The van der Waals surface area contributed by atoms with Crippen LogP contribution < -0.4 is 4.72 Å². The number of anilines is 1. The molecular formula is C9H15ClN4O2S. The fourth-order valence-electron chi connectivity index (χ4n) is 1.08. The van der Waals surface area contributed by atoms with E-state index in [1.807, 2.05) is 6.92 Å². The van der Waals surface area contributed by atoms with Gasteiger partial charge in [-0.1, -0.05) is 24.9 Å². The van der Waals surface area contributed by atoms with Crippen LogP contribution in [-0.4, -0.2) is 36.3 Å². The third-order valence-corrected chi connectivity index (χ3v) is 3.76. The predicted molar refractivity (Wildman–Crippen MR) is 67.1 cm³/mol. The largest absolute Gasteiger partial charge is 0.302 e. The van der Waals surface area contributed by atoms with Gasteiger partial charge in [0.15, 0.2) is 5.82 Å². The van der Waals surface area contributed by atoms with Crippen LogP contribution in [0.4, 0.5) is 5.82 Å². The summed E-state index contributed by atoms with van der Waals surface area (Å²) < 4.78 is 27.2. The number of hydrogen-bond donors (Lipinski definition) is 1. The van der Waals surface area contributed by atoms with Crippen molar-refractivity contribution in [3.8, 4) is 0 Å². The second-order valence-corrected chi connectivity index (χ2v) is 5.67. The fraction of sp³-hybridized carbons (Fsp3) is 0.556. The van der Waals surface area contributed by atoms with E-state index >= 15 is 0 Å². The molecule has 1 aromatic heterocycles. The number of halogens is 1. The highest BCUT2D eigenvalue weighted by molar-refractivity contribution is 7.90. The van der Waals surface area contributed by atoms with Crippen molar-refractivity contribution in [2.75, 3.05) is 18.3 Å². The van der Waals surface area contributed by atoms with Gasteiger partial charge in [0, 0.05) is 13.6 Å². The van der Waals surface area contributed by atoms with Gasteiger partial charge in [-0.05, 0) is 6.42 Å². The van der Waals surface area contributed by atoms with Gasteiger partial charge in [-0.25, -0.2) is 9.97 Å². The van der Waals surface area contributed by atoms with Gasteiger partial charge in [0.2, 0.25) is 0 Å². The molecule has 0 spiro atoms. The molecule has 0 atom stereocenters. The summed E-state index contributed by atoms with van der Waals surface area (Å²) in [6.07, 6.45) is 4.29. The zero-order valence-electron chi connectivity index (χ0n) is 9.72. The third kappa shape index (κ3) is 4.45. The first-order valence-electron chi connectivity index (χ1n) is 5.17. The molecule has 0 unspecified atom stereocenters. The molecule has 0 fully saturated rings. The molecule has 0 saturated heterocycles. The van der Waals surface area contributed by atoms with Crippen molar-refractivity contribution in [2.24, 2.45) is 0 Å². The Bertz CT molecular complexity index is 449. The smallest absolute Gasteiger partial charge is 0.253 e. The predicted octanol–water partition coefficient (Wildman–Crippen LogP) is 1.52. The van der Waals surface area contributed by atoms with Crippen molar-refractivity contribution in [3.05, 3.63) is 17.5 Å². The van der Waals surface area contributed by atoms with Crippen LogP contribution in [0.1, 0.15) is 19.8 Å². The highest BCUT2D eigenvalue weighted by Crippen LogP contribution is 2.09. The summed E-state index contributed by atoms with van der Waals surface area (Å²) in [4.78, 5) is 7.56. The molecule has 0 aliphatic carbocycles. The van der Waals surface area contributed by atoms with Crippen LogP contribution in [0.15, 0.2) is 12.4 Å². The molecule has 0 bridgehead atoms. The molecule has 1 heterocycles. The van der Waals surface area contributed by atoms with Crippen LogP contribution in [0.2, 0.25) is 5.15 Å². The number of hydrogen-bond acceptors (Lipinski definition) is 4. The van der Waals surface area contributed by atoms with E-state index in [0.717, 1.165) is 12.8 Å². The van der Waals surface area contributed by atoms with E-state index in [1.165, 1.54) is 23.7 Å². The molecular weight excluding hydrogens is 264 g/mol. The van der Waals surface area contributed by atoms with Gasteiger partial charge in [-0.3, -0.25) is 4.72 Å². The lowest BCUT2D eigenvalue weighted by Crippen LogP contribution is -2.33. The zero-order chi connectivity index (χ0) is 12.9. The Hall–Kier alpha value is -0.920. The molecule has 0 radical (unpaired) electrons. The Morgan fingerprint density at radius 2 is 2.12 bits per heavy atom. The molecule has 1 aromatic rings. The standard InChI is InChI=1S/C9H15ClN4O2S/c1-3-4-5-14(2)17(15,16)13-9-7-11-8(10)6-12-9/h6-7H,3-5H2,1-2H3,(H,12,13). The molecule has 1 N–H and O–H groups in total. The topological polar surface area (TPSA) is 75.2 Å². The summed E-state index contributed by atoms with van der Waals surface area (Å²) in [5.41, 5.74) is 0. The van der Waals surface area contributed by atoms with Crippen molar-refractivity contribution >= 4 is 27.6 Å². The van der Waals surface area contributed by atoms with E-state index in [1.54, 1.807) is 0 Å². The van der Waals surface area contributed by atoms with Crippen molar-refractivity contribution < 1.29 is 8.42 Å². The monoisotopic (exact) mass is 278 g/mol. The molecule has 0 amide bonds. The van der Waals surface area contributed by atoms with Gasteiger partial charge in [0.05, 0.1) is 12.4 Å². The summed E-state index contributed by atoms with van der Waals surface area (Å²) >= 11 is 5.55. The van der Waals surface area contributed by atoms with E-state index in [0.29, 0.717) is 6.54 Å². The van der Waals surface area contributed by atoms with Crippen LogP contribution in [0.5, 0.6) is 0 Å². The van der Waals surface area contributed by atoms with E-state index in [-0.39, 0.29) is 11.0 Å². The summed E-state index contributed by atoms with van der Waals surface area (Å²) in [7, 11) is -2.05. The number of rotatable bonds is 6. The van der Waals surface area contributed by atoms with Crippen molar-refractivity contribution in [1.29, 1.82) is 0 Å². The Morgan fingerprint density at radius 1 is 1.41 bits per heavy atom. The van der Waals surface area contributed by atoms with Crippen LogP contribution in [0.25, 0.3) is 0 Å². The highest BCUT2D eigenvalue weighted by atomic mass is 35.5. The van der Waals surface area contributed by atoms with Gasteiger partial charge in [0.1, 0.15) is 5.15 Å². The van der Waals surface area contributed by atoms with Crippen molar-refractivity contribution in [1.82, 2.24) is 14.3 Å². The minimum absolute atomic E-state index is 0.151. The minimum atomic E-state index is -3.56. The van der Waals surface area contributed by atoms with Gasteiger partial charge in [0.25, 0.3) is 0 Å². The molecule has 0 saturated carbocycles. The van der Waals surface area contributed by atoms with Gasteiger partial charge in [-0.15, -0.1) is 0 Å². The summed E-state index contributed by atoms with van der Waals surface area (Å²) in [6, 6.07) is 0. The normalized spacial score (nSPS) is 11.8. The third-order valence-electron chi connectivity index (χ3n) is 2.09. The molecule has 0 aliphatic heterocycles. The Labute approximate surface area is 106 Å². The average Bonchev–Trinajstić information content (AvgIpc) is 2.28. The van der Waals surface area contributed by atoms with E-state index < -0.39 is 10.2 Å². The molecule has 1 rings (SSSR count). The zero-order valence-corrected chi connectivity index (χ0v) is 11.3. The first kappa shape index (κ1) is 14.1. The molecule has 6 nitrogen and oxygen atoms in total.